The third kappa shape index (κ3) is 2.72. The van der Waals surface area contributed by atoms with Crippen LogP contribution in [0, 0.1) is 5.92 Å². The van der Waals surface area contributed by atoms with Gasteiger partial charge in [-0.25, -0.2) is 0 Å². The Labute approximate surface area is 107 Å². The van der Waals surface area contributed by atoms with Gasteiger partial charge in [0, 0.05) is 12.5 Å². The molecule has 1 aromatic heterocycles. The van der Waals surface area contributed by atoms with Crippen LogP contribution in [0.25, 0.3) is 0 Å². The van der Waals surface area contributed by atoms with Crippen LogP contribution in [0.15, 0.2) is 4.52 Å². The van der Waals surface area contributed by atoms with Crippen LogP contribution in [0.4, 0.5) is 0 Å². The Morgan fingerprint density at radius 2 is 2.22 bits per heavy atom. The Morgan fingerprint density at radius 1 is 1.33 bits per heavy atom. The molecule has 1 aliphatic carbocycles. The first-order valence-corrected chi connectivity index (χ1v) is 7.00. The Morgan fingerprint density at radius 3 is 3.00 bits per heavy atom. The molecule has 0 amide bonds. The van der Waals surface area contributed by atoms with Gasteiger partial charge in [-0.3, -0.25) is 0 Å². The van der Waals surface area contributed by atoms with Gasteiger partial charge < -0.3 is 14.6 Å². The van der Waals surface area contributed by atoms with E-state index in [4.69, 9.17) is 9.26 Å². The molecule has 0 spiro atoms. The average Bonchev–Trinajstić information content (AvgIpc) is 2.90. The molecule has 1 saturated heterocycles. The number of ether oxygens (including phenoxy) is 1. The van der Waals surface area contributed by atoms with Crippen LogP contribution in [0.5, 0.6) is 0 Å². The Hall–Kier alpha value is -0.940. The average molecular weight is 251 g/mol. The molecule has 2 fully saturated rings. The summed E-state index contributed by atoms with van der Waals surface area (Å²) in [6, 6.07) is 0.319. The van der Waals surface area contributed by atoms with E-state index >= 15 is 0 Å². The van der Waals surface area contributed by atoms with Crippen molar-refractivity contribution in [3.05, 3.63) is 11.7 Å². The zero-order valence-corrected chi connectivity index (χ0v) is 10.9. The van der Waals surface area contributed by atoms with Crippen LogP contribution in [0.2, 0.25) is 0 Å². The second-order valence-electron chi connectivity index (χ2n) is 5.40. The van der Waals surface area contributed by atoms with Crippen molar-refractivity contribution in [1.29, 1.82) is 0 Å². The minimum atomic E-state index is 0.219. The lowest BCUT2D eigenvalue weighted by Gasteiger charge is -2.14. The minimum Gasteiger partial charge on any atom is -0.379 e. The second-order valence-corrected chi connectivity index (χ2v) is 5.40. The van der Waals surface area contributed by atoms with E-state index in [1.54, 1.807) is 0 Å². The molecule has 3 rings (SSSR count). The highest BCUT2D eigenvalue weighted by molar-refractivity contribution is 5.03. The van der Waals surface area contributed by atoms with E-state index in [1.807, 2.05) is 0 Å². The summed E-state index contributed by atoms with van der Waals surface area (Å²) in [4.78, 5) is 4.53. The Kier molecular flexibility index (Phi) is 3.61. The van der Waals surface area contributed by atoms with Gasteiger partial charge >= 0.3 is 0 Å². The van der Waals surface area contributed by atoms with Crippen molar-refractivity contribution in [3.63, 3.8) is 0 Å². The predicted octanol–water partition coefficient (Wildman–Crippen LogP) is 1.50. The molecule has 2 atom stereocenters. The standard InChI is InChI=1S/C13H21N3O2/c1-2-5-14-11-8-17-7-10(11)13-15-12(16-18-13)6-9-3-4-9/h9-11,14H,2-8H2,1H3. The summed E-state index contributed by atoms with van der Waals surface area (Å²) in [5, 5.41) is 7.58. The molecule has 1 N–H and O–H groups in total. The zero-order valence-electron chi connectivity index (χ0n) is 10.9. The van der Waals surface area contributed by atoms with Crippen LogP contribution in [-0.4, -0.2) is 35.9 Å². The molecular weight excluding hydrogens is 230 g/mol. The van der Waals surface area contributed by atoms with Crippen LogP contribution < -0.4 is 5.32 Å². The molecule has 18 heavy (non-hydrogen) atoms. The van der Waals surface area contributed by atoms with Gasteiger partial charge in [0.15, 0.2) is 5.82 Å². The van der Waals surface area contributed by atoms with Crippen molar-refractivity contribution in [3.8, 4) is 0 Å². The first kappa shape index (κ1) is 12.1. The van der Waals surface area contributed by atoms with Crippen LogP contribution in [-0.2, 0) is 11.2 Å². The van der Waals surface area contributed by atoms with E-state index in [1.165, 1.54) is 12.8 Å². The van der Waals surface area contributed by atoms with E-state index in [9.17, 15) is 0 Å². The molecule has 1 aliphatic heterocycles. The fourth-order valence-corrected chi connectivity index (χ4v) is 2.41. The molecule has 0 radical (unpaired) electrons. The summed E-state index contributed by atoms with van der Waals surface area (Å²) in [7, 11) is 0. The van der Waals surface area contributed by atoms with Gasteiger partial charge in [0.25, 0.3) is 0 Å². The molecular formula is C13H21N3O2. The zero-order chi connectivity index (χ0) is 12.4. The van der Waals surface area contributed by atoms with Gasteiger partial charge in [-0.1, -0.05) is 12.1 Å². The number of hydrogen-bond acceptors (Lipinski definition) is 5. The van der Waals surface area contributed by atoms with Gasteiger partial charge in [0.2, 0.25) is 5.89 Å². The van der Waals surface area contributed by atoms with Gasteiger partial charge in [-0.2, -0.15) is 4.98 Å². The number of hydrogen-bond donors (Lipinski definition) is 1. The summed E-state index contributed by atoms with van der Waals surface area (Å²) in [6.07, 6.45) is 4.73. The summed E-state index contributed by atoms with van der Waals surface area (Å²) in [5.74, 6) is 2.63. The van der Waals surface area contributed by atoms with Crippen molar-refractivity contribution in [1.82, 2.24) is 15.5 Å². The topological polar surface area (TPSA) is 60.2 Å². The molecule has 2 unspecified atom stereocenters. The van der Waals surface area contributed by atoms with Crippen LogP contribution in [0.1, 0.15) is 43.8 Å². The normalized spacial score (nSPS) is 27.8. The van der Waals surface area contributed by atoms with E-state index < -0.39 is 0 Å². The largest absolute Gasteiger partial charge is 0.379 e. The number of aromatic nitrogens is 2. The fourth-order valence-electron chi connectivity index (χ4n) is 2.41. The summed E-state index contributed by atoms with van der Waals surface area (Å²) < 4.78 is 10.9. The maximum absolute atomic E-state index is 5.53. The first-order chi connectivity index (χ1) is 8.86. The van der Waals surface area contributed by atoms with E-state index in [0.29, 0.717) is 12.6 Å². The highest BCUT2D eigenvalue weighted by Crippen LogP contribution is 2.32. The minimum absolute atomic E-state index is 0.219. The van der Waals surface area contributed by atoms with Crippen LogP contribution in [0.3, 0.4) is 0 Å². The van der Waals surface area contributed by atoms with Crippen molar-refractivity contribution >= 4 is 0 Å². The Balaban J connectivity index is 1.62. The second kappa shape index (κ2) is 5.36. The van der Waals surface area contributed by atoms with E-state index in [2.05, 4.69) is 22.4 Å². The monoisotopic (exact) mass is 251 g/mol. The first-order valence-electron chi connectivity index (χ1n) is 7.00. The van der Waals surface area contributed by atoms with Gasteiger partial charge in [-0.15, -0.1) is 0 Å². The lowest BCUT2D eigenvalue weighted by Crippen LogP contribution is -2.35. The van der Waals surface area contributed by atoms with Crippen molar-refractivity contribution in [2.24, 2.45) is 5.92 Å². The number of nitrogens with one attached hydrogen (secondary N) is 1. The Bertz CT molecular complexity index is 389. The quantitative estimate of drug-likeness (QED) is 0.830. The maximum Gasteiger partial charge on any atom is 0.233 e. The summed E-state index contributed by atoms with van der Waals surface area (Å²) >= 11 is 0. The molecule has 5 nitrogen and oxygen atoms in total. The van der Waals surface area contributed by atoms with E-state index in [0.717, 1.165) is 43.6 Å². The van der Waals surface area contributed by atoms with E-state index in [-0.39, 0.29) is 5.92 Å². The molecule has 0 aromatic carbocycles. The summed E-state index contributed by atoms with van der Waals surface area (Å²) in [5.41, 5.74) is 0. The van der Waals surface area contributed by atoms with Gasteiger partial charge in [0.05, 0.1) is 19.1 Å². The molecule has 1 saturated carbocycles. The smallest absolute Gasteiger partial charge is 0.233 e. The number of nitrogens with zero attached hydrogens (tertiary/aromatic N) is 2. The fraction of sp³-hybridized carbons (Fsp3) is 0.846. The van der Waals surface area contributed by atoms with Crippen molar-refractivity contribution in [2.75, 3.05) is 19.8 Å². The third-order valence-electron chi connectivity index (χ3n) is 3.71. The molecule has 100 valence electrons. The maximum atomic E-state index is 5.53. The highest BCUT2D eigenvalue weighted by atomic mass is 16.5. The predicted molar refractivity (Wildman–Crippen MR) is 66.4 cm³/mol. The highest BCUT2D eigenvalue weighted by Gasteiger charge is 2.34. The molecule has 0 bridgehead atoms. The molecule has 2 aliphatic rings. The van der Waals surface area contributed by atoms with Crippen molar-refractivity contribution in [2.45, 2.75) is 44.6 Å². The third-order valence-corrected chi connectivity index (χ3v) is 3.71. The molecule has 5 heteroatoms. The lowest BCUT2D eigenvalue weighted by molar-refractivity contribution is 0.184. The van der Waals surface area contributed by atoms with Gasteiger partial charge in [0.1, 0.15) is 0 Å². The van der Waals surface area contributed by atoms with Crippen LogP contribution >= 0.6 is 0 Å². The SMILES string of the molecule is CCCNC1COCC1c1nc(CC2CC2)no1. The number of rotatable bonds is 6. The molecule has 2 heterocycles. The lowest BCUT2D eigenvalue weighted by atomic mass is 10.0. The summed E-state index contributed by atoms with van der Waals surface area (Å²) in [6.45, 7) is 4.60. The van der Waals surface area contributed by atoms with Gasteiger partial charge in [-0.05, 0) is 31.7 Å². The van der Waals surface area contributed by atoms with Crippen molar-refractivity contribution < 1.29 is 9.26 Å². The molecule has 1 aromatic rings.